The van der Waals surface area contributed by atoms with Gasteiger partial charge in [-0.25, -0.2) is 19.9 Å². The third-order valence-electron chi connectivity index (χ3n) is 1.64. The highest BCUT2D eigenvalue weighted by atomic mass is 19.1. The van der Waals surface area contributed by atoms with Gasteiger partial charge in [-0.2, -0.15) is 4.39 Å². The molecule has 75 valence electrons. The fraction of sp³-hybridized carbons (Fsp3) is 0.111. The van der Waals surface area contributed by atoms with Gasteiger partial charge in [0.15, 0.2) is 0 Å². The number of nitrogens with zero attached hydrogens (tertiary/aromatic N) is 4. The predicted octanol–water partition coefficient (Wildman–Crippen LogP) is 0.881. The molecule has 2 aromatic heterocycles. The number of rotatable bonds is 2. The van der Waals surface area contributed by atoms with E-state index in [1.54, 1.807) is 0 Å². The molecule has 0 saturated carbocycles. The van der Waals surface area contributed by atoms with Gasteiger partial charge in [0.05, 0.1) is 25.7 Å². The van der Waals surface area contributed by atoms with Crippen LogP contribution < -0.4 is 4.74 Å². The standard InChI is InChI=1S/C9H6FN4O/c1-15-9-5-11-2-7(14-9)6-3-13-8(10)4-12-6/h3-5H,1H3. The van der Waals surface area contributed by atoms with E-state index < -0.39 is 5.95 Å². The molecule has 0 fully saturated rings. The minimum atomic E-state index is -0.644. The van der Waals surface area contributed by atoms with Gasteiger partial charge < -0.3 is 4.74 Å². The van der Waals surface area contributed by atoms with E-state index in [1.807, 2.05) is 0 Å². The maximum Gasteiger partial charge on any atom is 0.232 e. The third-order valence-corrected chi connectivity index (χ3v) is 1.64. The zero-order valence-electron chi connectivity index (χ0n) is 7.81. The Labute approximate surface area is 85.0 Å². The van der Waals surface area contributed by atoms with Crippen molar-refractivity contribution in [3.63, 3.8) is 0 Å². The van der Waals surface area contributed by atoms with Crippen molar-refractivity contribution in [2.45, 2.75) is 0 Å². The van der Waals surface area contributed by atoms with Gasteiger partial charge in [0.1, 0.15) is 17.6 Å². The van der Waals surface area contributed by atoms with Crippen molar-refractivity contribution in [2.75, 3.05) is 7.11 Å². The Morgan fingerprint density at radius 3 is 2.80 bits per heavy atom. The van der Waals surface area contributed by atoms with Crippen LogP contribution in [-0.4, -0.2) is 27.0 Å². The van der Waals surface area contributed by atoms with Crippen molar-refractivity contribution in [3.05, 3.63) is 30.7 Å². The molecule has 2 heterocycles. The predicted molar refractivity (Wildman–Crippen MR) is 48.4 cm³/mol. The molecule has 5 nitrogen and oxygen atoms in total. The highest BCUT2D eigenvalue weighted by Gasteiger charge is 2.04. The van der Waals surface area contributed by atoms with Crippen LogP contribution in [0.3, 0.4) is 0 Å². The Hall–Kier alpha value is -2.11. The van der Waals surface area contributed by atoms with Crippen molar-refractivity contribution >= 4 is 0 Å². The first-order valence-corrected chi connectivity index (χ1v) is 4.06. The molecule has 1 radical (unpaired) electrons. The maximum absolute atomic E-state index is 12.5. The molecule has 0 unspecified atom stereocenters. The first kappa shape index (κ1) is 9.45. The number of hydrogen-bond acceptors (Lipinski definition) is 5. The topological polar surface area (TPSA) is 60.8 Å². The van der Waals surface area contributed by atoms with Gasteiger partial charge in [-0.3, -0.25) is 0 Å². The molecule has 2 aromatic rings. The van der Waals surface area contributed by atoms with Crippen molar-refractivity contribution in [3.8, 4) is 17.3 Å². The quantitative estimate of drug-likeness (QED) is 0.728. The molecule has 0 spiro atoms. The lowest BCUT2D eigenvalue weighted by Crippen LogP contribution is -1.95. The molecule has 15 heavy (non-hydrogen) atoms. The molecule has 0 bridgehead atoms. The second kappa shape index (κ2) is 3.95. The van der Waals surface area contributed by atoms with Gasteiger partial charge in [0.2, 0.25) is 11.8 Å². The van der Waals surface area contributed by atoms with E-state index in [4.69, 9.17) is 4.74 Å². The third kappa shape index (κ3) is 2.04. The summed E-state index contributed by atoms with van der Waals surface area (Å²) >= 11 is 0. The molecule has 0 aliphatic rings. The van der Waals surface area contributed by atoms with Crippen LogP contribution in [0.2, 0.25) is 0 Å². The van der Waals surface area contributed by atoms with Crippen LogP contribution in [0.4, 0.5) is 4.39 Å². The first-order valence-electron chi connectivity index (χ1n) is 4.06. The Morgan fingerprint density at radius 2 is 2.13 bits per heavy atom. The number of halogens is 1. The molecule has 0 aliphatic carbocycles. The number of ether oxygens (including phenoxy) is 1. The van der Waals surface area contributed by atoms with Crippen molar-refractivity contribution in [1.82, 2.24) is 19.9 Å². The van der Waals surface area contributed by atoms with Crippen LogP contribution in [-0.2, 0) is 0 Å². The van der Waals surface area contributed by atoms with Crippen molar-refractivity contribution < 1.29 is 9.13 Å². The number of aromatic nitrogens is 4. The molecule has 0 aromatic carbocycles. The number of hydrogen-bond donors (Lipinski definition) is 0. The van der Waals surface area contributed by atoms with Crippen LogP contribution in [0.1, 0.15) is 0 Å². The summed E-state index contributed by atoms with van der Waals surface area (Å²) in [5, 5.41) is 0. The van der Waals surface area contributed by atoms with E-state index in [-0.39, 0.29) is 0 Å². The fourth-order valence-electron chi connectivity index (χ4n) is 0.960. The van der Waals surface area contributed by atoms with Crippen LogP contribution in [0.15, 0.2) is 18.6 Å². The lowest BCUT2D eigenvalue weighted by molar-refractivity contribution is 0.396. The first-order chi connectivity index (χ1) is 7.29. The molecule has 0 amide bonds. The minimum Gasteiger partial charge on any atom is -0.480 e. The highest BCUT2D eigenvalue weighted by molar-refractivity contribution is 5.50. The van der Waals surface area contributed by atoms with Crippen molar-refractivity contribution in [2.24, 2.45) is 0 Å². The summed E-state index contributed by atoms with van der Waals surface area (Å²) in [6.45, 7) is 0. The normalized spacial score (nSPS) is 10.0. The maximum atomic E-state index is 12.5. The van der Waals surface area contributed by atoms with E-state index >= 15 is 0 Å². The molecule has 0 aliphatic heterocycles. The minimum absolute atomic E-state index is 0.342. The smallest absolute Gasteiger partial charge is 0.232 e. The Morgan fingerprint density at radius 1 is 1.27 bits per heavy atom. The molecule has 0 atom stereocenters. The van der Waals surface area contributed by atoms with Gasteiger partial charge >= 0.3 is 0 Å². The van der Waals surface area contributed by atoms with E-state index in [2.05, 4.69) is 26.1 Å². The average Bonchev–Trinajstić information content (AvgIpc) is 2.30. The van der Waals surface area contributed by atoms with Crippen LogP contribution in [0, 0.1) is 12.1 Å². The monoisotopic (exact) mass is 205 g/mol. The van der Waals surface area contributed by atoms with Crippen LogP contribution in [0.25, 0.3) is 11.4 Å². The number of methoxy groups -OCH3 is 1. The van der Waals surface area contributed by atoms with E-state index in [0.717, 1.165) is 6.20 Å². The molecule has 0 N–H and O–H groups in total. The Kier molecular flexibility index (Phi) is 2.49. The van der Waals surface area contributed by atoms with Gasteiger partial charge in [-0.15, -0.1) is 0 Å². The van der Waals surface area contributed by atoms with Gasteiger partial charge in [0.25, 0.3) is 0 Å². The SMILES string of the molecule is COc1cn[c]c(-c2cnc(F)cn2)n1. The highest BCUT2D eigenvalue weighted by Crippen LogP contribution is 2.13. The summed E-state index contributed by atoms with van der Waals surface area (Å²) < 4.78 is 17.4. The molecule has 0 saturated heterocycles. The van der Waals surface area contributed by atoms with Gasteiger partial charge in [-0.1, -0.05) is 0 Å². The van der Waals surface area contributed by atoms with Gasteiger partial charge in [-0.05, 0) is 0 Å². The summed E-state index contributed by atoms with van der Waals surface area (Å²) in [5.41, 5.74) is 0.754. The zero-order chi connectivity index (χ0) is 10.7. The zero-order valence-corrected chi connectivity index (χ0v) is 7.81. The fourth-order valence-corrected chi connectivity index (χ4v) is 0.960. The summed E-state index contributed by atoms with van der Waals surface area (Å²) in [6.07, 6.45) is 6.29. The molecular formula is C9H6FN4O. The Balaban J connectivity index is 2.40. The van der Waals surface area contributed by atoms with Crippen LogP contribution in [0.5, 0.6) is 5.88 Å². The second-order valence-electron chi connectivity index (χ2n) is 2.60. The van der Waals surface area contributed by atoms with E-state index in [0.29, 0.717) is 17.3 Å². The van der Waals surface area contributed by atoms with Crippen LogP contribution >= 0.6 is 0 Å². The summed E-state index contributed by atoms with van der Waals surface area (Å²) in [4.78, 5) is 15.1. The lowest BCUT2D eigenvalue weighted by Gasteiger charge is -2.00. The molecule has 6 heteroatoms. The lowest BCUT2D eigenvalue weighted by atomic mass is 10.3. The average molecular weight is 205 g/mol. The van der Waals surface area contributed by atoms with Crippen molar-refractivity contribution in [1.29, 1.82) is 0 Å². The summed E-state index contributed by atoms with van der Waals surface area (Å²) in [7, 11) is 1.48. The second-order valence-corrected chi connectivity index (χ2v) is 2.60. The van der Waals surface area contributed by atoms with E-state index in [9.17, 15) is 4.39 Å². The van der Waals surface area contributed by atoms with Gasteiger partial charge in [0, 0.05) is 0 Å². The largest absolute Gasteiger partial charge is 0.480 e. The van der Waals surface area contributed by atoms with E-state index in [1.165, 1.54) is 19.5 Å². The summed E-state index contributed by atoms with van der Waals surface area (Å²) in [5.74, 6) is -0.301. The summed E-state index contributed by atoms with van der Waals surface area (Å²) in [6, 6.07) is 0. The molecule has 2 rings (SSSR count). The molecular weight excluding hydrogens is 199 g/mol. The Bertz CT molecular complexity index is 460.